The molecular formula is C18H13Br2IN2O2. The first kappa shape index (κ1) is 19.9. The van der Waals surface area contributed by atoms with Crippen molar-refractivity contribution in [2.75, 3.05) is 11.9 Å². The molecule has 0 unspecified atom stereocenters. The first-order valence-electron chi connectivity index (χ1n) is 7.25. The average molecular weight is 576 g/mol. The van der Waals surface area contributed by atoms with Crippen molar-refractivity contribution in [1.82, 2.24) is 0 Å². The van der Waals surface area contributed by atoms with Gasteiger partial charge in [0.2, 0.25) is 0 Å². The van der Waals surface area contributed by atoms with Crippen molar-refractivity contribution in [3.8, 4) is 11.8 Å². The maximum Gasteiger partial charge on any atom is 0.266 e. The van der Waals surface area contributed by atoms with Crippen molar-refractivity contribution < 1.29 is 9.53 Å². The third-order valence-electron chi connectivity index (χ3n) is 3.09. The van der Waals surface area contributed by atoms with Gasteiger partial charge in [0.15, 0.2) is 0 Å². The number of amides is 1. The minimum Gasteiger partial charge on any atom is -0.492 e. The zero-order valence-corrected chi connectivity index (χ0v) is 18.5. The second-order valence-electron chi connectivity index (χ2n) is 4.88. The first-order valence-corrected chi connectivity index (χ1v) is 9.91. The van der Waals surface area contributed by atoms with Gasteiger partial charge >= 0.3 is 0 Å². The molecule has 0 bridgehead atoms. The summed E-state index contributed by atoms with van der Waals surface area (Å²) < 4.78 is 8.08. The zero-order chi connectivity index (χ0) is 18.4. The first-order chi connectivity index (χ1) is 11.9. The van der Waals surface area contributed by atoms with Crippen molar-refractivity contribution >= 4 is 72.1 Å². The van der Waals surface area contributed by atoms with Gasteiger partial charge in [0.05, 0.1) is 15.6 Å². The van der Waals surface area contributed by atoms with Gasteiger partial charge in [-0.25, -0.2) is 0 Å². The van der Waals surface area contributed by atoms with E-state index in [4.69, 9.17) is 4.74 Å². The van der Waals surface area contributed by atoms with E-state index in [0.717, 1.165) is 12.5 Å². The highest BCUT2D eigenvalue weighted by atomic mass is 127. The molecule has 0 spiro atoms. The smallest absolute Gasteiger partial charge is 0.266 e. The number of halogens is 3. The molecule has 2 aromatic rings. The molecule has 1 N–H and O–H groups in total. The lowest BCUT2D eigenvalue weighted by molar-refractivity contribution is -0.112. The van der Waals surface area contributed by atoms with Gasteiger partial charge in [-0.05, 0) is 109 Å². The molecule has 0 fully saturated rings. The second-order valence-corrected chi connectivity index (χ2v) is 7.83. The largest absolute Gasteiger partial charge is 0.492 e. The van der Waals surface area contributed by atoms with Crippen molar-refractivity contribution in [3.63, 3.8) is 0 Å². The fourth-order valence-electron chi connectivity index (χ4n) is 1.99. The van der Waals surface area contributed by atoms with E-state index in [9.17, 15) is 10.1 Å². The van der Waals surface area contributed by atoms with Gasteiger partial charge in [-0.2, -0.15) is 5.26 Å². The van der Waals surface area contributed by atoms with Crippen LogP contribution < -0.4 is 10.1 Å². The van der Waals surface area contributed by atoms with E-state index in [2.05, 4.69) is 59.8 Å². The lowest BCUT2D eigenvalue weighted by Crippen LogP contribution is -2.13. The van der Waals surface area contributed by atoms with E-state index in [-0.39, 0.29) is 5.57 Å². The fraction of sp³-hybridized carbons (Fsp3) is 0.111. The molecule has 0 atom stereocenters. The highest BCUT2D eigenvalue weighted by Gasteiger charge is 2.12. The molecule has 0 aromatic heterocycles. The number of rotatable bonds is 5. The molecule has 0 radical (unpaired) electrons. The van der Waals surface area contributed by atoms with Crippen LogP contribution in [0, 0.1) is 14.9 Å². The SMILES string of the molecule is CCOc1c(Br)cc(/C=C(/C#N)C(=O)Nc2ccc(I)cc2)cc1Br. The van der Waals surface area contributed by atoms with E-state index < -0.39 is 5.91 Å². The van der Waals surface area contributed by atoms with Crippen LogP contribution in [-0.2, 0) is 4.79 Å². The lowest BCUT2D eigenvalue weighted by atomic mass is 10.1. The van der Waals surface area contributed by atoms with Gasteiger partial charge in [0.1, 0.15) is 17.4 Å². The zero-order valence-electron chi connectivity index (χ0n) is 13.1. The molecule has 0 aliphatic carbocycles. The predicted molar refractivity (Wildman–Crippen MR) is 114 cm³/mol. The van der Waals surface area contributed by atoms with E-state index in [1.165, 1.54) is 6.08 Å². The normalized spacial score (nSPS) is 10.9. The molecule has 0 aliphatic heterocycles. The predicted octanol–water partition coefficient (Wildman–Crippen LogP) is 5.76. The maximum absolute atomic E-state index is 12.3. The fourth-order valence-corrected chi connectivity index (χ4v) is 3.80. The van der Waals surface area contributed by atoms with Crippen molar-refractivity contribution in [3.05, 3.63) is 60.1 Å². The third-order valence-corrected chi connectivity index (χ3v) is 4.98. The summed E-state index contributed by atoms with van der Waals surface area (Å²) in [5, 5.41) is 12.0. The maximum atomic E-state index is 12.3. The summed E-state index contributed by atoms with van der Waals surface area (Å²) in [5.74, 6) is 0.228. The van der Waals surface area contributed by atoms with Gasteiger partial charge in [-0.1, -0.05) is 0 Å². The van der Waals surface area contributed by atoms with Gasteiger partial charge in [0.25, 0.3) is 5.91 Å². The Balaban J connectivity index is 2.26. The Kier molecular flexibility index (Phi) is 7.47. The van der Waals surface area contributed by atoms with Gasteiger partial charge < -0.3 is 10.1 Å². The van der Waals surface area contributed by atoms with Crippen LogP contribution in [0.25, 0.3) is 6.08 Å². The molecule has 2 aromatic carbocycles. The molecule has 25 heavy (non-hydrogen) atoms. The highest BCUT2D eigenvalue weighted by Crippen LogP contribution is 2.35. The highest BCUT2D eigenvalue weighted by molar-refractivity contribution is 14.1. The quantitative estimate of drug-likeness (QED) is 0.280. The standard InChI is InChI=1S/C18H13Br2IN2O2/c1-2-25-17-15(19)8-11(9-16(17)20)7-12(10-22)18(24)23-14-5-3-13(21)4-6-14/h3-9H,2H2,1H3,(H,23,24)/b12-7-. The lowest BCUT2D eigenvalue weighted by Gasteiger charge is -2.10. The van der Waals surface area contributed by atoms with Gasteiger partial charge in [0, 0.05) is 9.26 Å². The summed E-state index contributed by atoms with van der Waals surface area (Å²) in [6.07, 6.45) is 1.53. The number of nitrogens with one attached hydrogen (secondary N) is 1. The number of nitrogens with zero attached hydrogens (tertiary/aromatic N) is 1. The number of carbonyl (C=O) groups excluding carboxylic acids is 1. The Labute approximate surface area is 176 Å². The molecule has 128 valence electrons. The van der Waals surface area contributed by atoms with Crippen LogP contribution in [0.5, 0.6) is 5.75 Å². The van der Waals surface area contributed by atoms with E-state index in [0.29, 0.717) is 23.6 Å². The molecule has 0 saturated heterocycles. The minimum absolute atomic E-state index is 0.0153. The molecule has 0 heterocycles. The van der Waals surface area contributed by atoms with Crippen molar-refractivity contribution in [1.29, 1.82) is 5.26 Å². The number of nitriles is 1. The molecule has 0 saturated carbocycles. The summed E-state index contributed by atoms with van der Waals surface area (Å²) in [6.45, 7) is 2.43. The molecule has 0 aliphatic rings. The van der Waals surface area contributed by atoms with Crippen LogP contribution in [0.15, 0.2) is 50.9 Å². The van der Waals surface area contributed by atoms with E-state index >= 15 is 0 Å². The molecular weight excluding hydrogens is 563 g/mol. The molecule has 7 heteroatoms. The van der Waals surface area contributed by atoms with Crippen LogP contribution in [-0.4, -0.2) is 12.5 Å². The Morgan fingerprint density at radius 3 is 2.40 bits per heavy atom. The number of benzene rings is 2. The van der Waals surface area contributed by atoms with Crippen LogP contribution in [0.1, 0.15) is 12.5 Å². The summed E-state index contributed by atoms with van der Waals surface area (Å²) in [4.78, 5) is 12.3. The molecule has 2 rings (SSSR count). The summed E-state index contributed by atoms with van der Waals surface area (Å²) in [6, 6.07) is 12.9. The van der Waals surface area contributed by atoms with Gasteiger partial charge in [-0.3, -0.25) is 4.79 Å². The Morgan fingerprint density at radius 1 is 1.28 bits per heavy atom. The van der Waals surface area contributed by atoms with Crippen LogP contribution >= 0.6 is 54.5 Å². The summed E-state index contributed by atoms with van der Waals surface area (Å²) in [7, 11) is 0. The molecule has 1 amide bonds. The average Bonchev–Trinajstić information content (AvgIpc) is 2.58. The third kappa shape index (κ3) is 5.56. The van der Waals surface area contributed by atoms with Crippen LogP contribution in [0.2, 0.25) is 0 Å². The van der Waals surface area contributed by atoms with E-state index in [1.54, 1.807) is 24.3 Å². The Hall–Kier alpha value is -1.37. The van der Waals surface area contributed by atoms with Crippen LogP contribution in [0.4, 0.5) is 5.69 Å². The topological polar surface area (TPSA) is 62.1 Å². The number of anilines is 1. The number of carbonyl (C=O) groups is 1. The van der Waals surface area contributed by atoms with E-state index in [1.807, 2.05) is 25.1 Å². The summed E-state index contributed by atoms with van der Waals surface area (Å²) in [5.41, 5.74) is 1.36. The number of ether oxygens (including phenoxy) is 1. The van der Waals surface area contributed by atoms with Crippen molar-refractivity contribution in [2.24, 2.45) is 0 Å². The Morgan fingerprint density at radius 2 is 1.88 bits per heavy atom. The Bertz CT molecular complexity index is 835. The second kappa shape index (κ2) is 9.36. The van der Waals surface area contributed by atoms with Crippen LogP contribution in [0.3, 0.4) is 0 Å². The van der Waals surface area contributed by atoms with Crippen molar-refractivity contribution in [2.45, 2.75) is 6.92 Å². The monoisotopic (exact) mass is 574 g/mol. The number of hydrogen-bond acceptors (Lipinski definition) is 3. The molecule has 4 nitrogen and oxygen atoms in total. The number of hydrogen-bond donors (Lipinski definition) is 1. The van der Waals surface area contributed by atoms with Gasteiger partial charge in [-0.15, -0.1) is 0 Å². The minimum atomic E-state index is -0.454. The summed E-state index contributed by atoms with van der Waals surface area (Å²) >= 11 is 9.06.